The monoisotopic (exact) mass is 618 g/mol. The normalized spacial score (nSPS) is 14.9. The van der Waals surface area contributed by atoms with Gasteiger partial charge in [-0.2, -0.15) is 0 Å². The molecule has 0 bridgehead atoms. The minimum atomic E-state index is -4.60. The van der Waals surface area contributed by atoms with E-state index in [0.29, 0.717) is 12.8 Å². The molecule has 42 heavy (non-hydrogen) atoms. The second kappa shape index (κ2) is 28.0. The predicted molar refractivity (Wildman–Crippen MR) is 164 cm³/mol. The van der Waals surface area contributed by atoms with Gasteiger partial charge in [-0.3, -0.25) is 18.6 Å². The Labute approximate surface area is 252 Å². The maximum Gasteiger partial charge on any atom is 0.472 e. The molecule has 3 unspecified atom stereocenters. The molecular formula is C31H55O10P. The third kappa shape index (κ3) is 27.0. The van der Waals surface area contributed by atoms with Crippen LogP contribution in [0.2, 0.25) is 0 Å². The van der Waals surface area contributed by atoms with Crippen molar-refractivity contribution in [3.05, 3.63) is 36.5 Å². The Morgan fingerprint density at radius 2 is 1.31 bits per heavy atom. The lowest BCUT2D eigenvalue weighted by Gasteiger charge is -2.20. The first-order valence-corrected chi connectivity index (χ1v) is 16.9. The second-order valence-electron chi connectivity index (χ2n) is 10.1. The molecule has 0 heterocycles. The zero-order chi connectivity index (χ0) is 31.3. The number of hydrogen-bond donors (Lipinski definition) is 3. The van der Waals surface area contributed by atoms with E-state index in [4.69, 9.17) is 19.1 Å². The Bertz CT molecular complexity index is 812. The smallest absolute Gasteiger partial charge is 0.462 e. The third-order valence-electron chi connectivity index (χ3n) is 6.06. The summed E-state index contributed by atoms with van der Waals surface area (Å²) >= 11 is 0. The van der Waals surface area contributed by atoms with Crippen molar-refractivity contribution in [2.24, 2.45) is 0 Å². The van der Waals surface area contributed by atoms with Gasteiger partial charge < -0.3 is 24.6 Å². The van der Waals surface area contributed by atoms with Crippen LogP contribution in [0.4, 0.5) is 0 Å². The Morgan fingerprint density at radius 3 is 1.98 bits per heavy atom. The van der Waals surface area contributed by atoms with E-state index in [0.717, 1.165) is 64.2 Å². The number of carbonyl (C=O) groups is 2. The molecule has 244 valence electrons. The molecule has 0 aromatic carbocycles. The largest absolute Gasteiger partial charge is 0.472 e. The van der Waals surface area contributed by atoms with Gasteiger partial charge in [-0.15, -0.1) is 0 Å². The Balaban J connectivity index is 4.51. The average molecular weight is 619 g/mol. The van der Waals surface area contributed by atoms with Crippen LogP contribution in [-0.4, -0.2) is 65.7 Å². The lowest BCUT2D eigenvalue weighted by Crippen LogP contribution is -2.29. The van der Waals surface area contributed by atoms with E-state index >= 15 is 0 Å². The van der Waals surface area contributed by atoms with Gasteiger partial charge in [-0.25, -0.2) is 4.57 Å². The van der Waals surface area contributed by atoms with Crippen molar-refractivity contribution in [3.8, 4) is 0 Å². The lowest BCUT2D eigenvalue weighted by molar-refractivity contribution is -0.161. The van der Waals surface area contributed by atoms with Crippen molar-refractivity contribution in [2.75, 3.05) is 26.4 Å². The summed E-state index contributed by atoms with van der Waals surface area (Å²) in [6.45, 7) is 2.10. The summed E-state index contributed by atoms with van der Waals surface area (Å²) < 4.78 is 32.2. The standard InChI is InChI=1S/C31H55O10P/c1-3-5-7-9-11-12-13-14-15-16-17-19-21-23-31(35)41-29(27-40-42(36,37)39-25-28(33)24-32)26-38-30(34)22-20-18-10-8-6-4-2/h5,7,11-12,14-15,28-29,32-33H,3-4,6,8-10,13,16-27H2,1-2H3,(H,36,37)/b7-5-,12-11-,15-14-. The number of ether oxygens (including phenoxy) is 2. The van der Waals surface area contributed by atoms with Crippen molar-refractivity contribution in [1.29, 1.82) is 0 Å². The van der Waals surface area contributed by atoms with Crippen LogP contribution in [0.1, 0.15) is 110 Å². The number of rotatable bonds is 28. The van der Waals surface area contributed by atoms with E-state index in [9.17, 15) is 24.2 Å². The first-order valence-electron chi connectivity index (χ1n) is 15.4. The maximum absolute atomic E-state index is 12.4. The first kappa shape index (κ1) is 40.2. The summed E-state index contributed by atoms with van der Waals surface area (Å²) in [4.78, 5) is 34.4. The van der Waals surface area contributed by atoms with E-state index in [2.05, 4.69) is 54.8 Å². The van der Waals surface area contributed by atoms with Crippen LogP contribution < -0.4 is 0 Å². The molecular weight excluding hydrogens is 563 g/mol. The highest BCUT2D eigenvalue weighted by molar-refractivity contribution is 7.47. The Hall–Kier alpha value is -1.81. The van der Waals surface area contributed by atoms with Gasteiger partial charge in [0.05, 0.1) is 19.8 Å². The molecule has 0 aliphatic carbocycles. The second-order valence-corrected chi connectivity index (χ2v) is 11.6. The SMILES string of the molecule is CC/C=C\C/C=C\C/C=C\CCCCCC(=O)OC(COC(=O)CCCCCCCC)COP(=O)(O)OCC(O)CO. The number of aliphatic hydroxyl groups excluding tert-OH is 2. The van der Waals surface area contributed by atoms with Crippen molar-refractivity contribution in [1.82, 2.24) is 0 Å². The van der Waals surface area contributed by atoms with Gasteiger partial charge in [0.25, 0.3) is 0 Å². The van der Waals surface area contributed by atoms with Crippen LogP contribution in [0.3, 0.4) is 0 Å². The molecule has 0 amide bonds. The van der Waals surface area contributed by atoms with Gasteiger partial charge in [0.2, 0.25) is 0 Å². The number of aliphatic hydroxyl groups is 2. The molecule has 0 aliphatic heterocycles. The minimum absolute atomic E-state index is 0.149. The van der Waals surface area contributed by atoms with Crippen LogP contribution in [0.5, 0.6) is 0 Å². The number of esters is 2. The number of hydrogen-bond acceptors (Lipinski definition) is 9. The fourth-order valence-corrected chi connectivity index (χ4v) is 4.44. The quantitative estimate of drug-likeness (QED) is 0.0384. The zero-order valence-electron chi connectivity index (χ0n) is 25.7. The molecule has 3 N–H and O–H groups in total. The van der Waals surface area contributed by atoms with Crippen molar-refractivity contribution >= 4 is 19.8 Å². The highest BCUT2D eigenvalue weighted by Gasteiger charge is 2.27. The van der Waals surface area contributed by atoms with Gasteiger partial charge in [0.1, 0.15) is 12.7 Å². The molecule has 0 aliphatic rings. The minimum Gasteiger partial charge on any atom is -0.462 e. The Kier molecular flexibility index (Phi) is 26.8. The number of allylic oxidation sites excluding steroid dienone is 6. The summed E-state index contributed by atoms with van der Waals surface area (Å²) in [5, 5.41) is 18.1. The van der Waals surface area contributed by atoms with E-state index in [1.54, 1.807) is 0 Å². The highest BCUT2D eigenvalue weighted by atomic mass is 31.2. The molecule has 0 spiro atoms. The topological polar surface area (TPSA) is 149 Å². The van der Waals surface area contributed by atoms with E-state index in [1.165, 1.54) is 6.42 Å². The highest BCUT2D eigenvalue weighted by Crippen LogP contribution is 2.43. The van der Waals surface area contributed by atoms with E-state index < -0.39 is 51.8 Å². The van der Waals surface area contributed by atoms with Gasteiger partial charge in [0, 0.05) is 12.8 Å². The fourth-order valence-electron chi connectivity index (χ4n) is 3.65. The van der Waals surface area contributed by atoms with Crippen molar-refractivity contribution < 1.29 is 47.8 Å². The van der Waals surface area contributed by atoms with Crippen molar-refractivity contribution in [2.45, 2.75) is 122 Å². The van der Waals surface area contributed by atoms with Crippen LogP contribution >= 0.6 is 7.82 Å². The summed E-state index contributed by atoms with van der Waals surface area (Å²) in [7, 11) is -4.60. The molecule has 3 atom stereocenters. The van der Waals surface area contributed by atoms with Crippen LogP contribution in [0.25, 0.3) is 0 Å². The molecule has 0 saturated heterocycles. The molecule has 0 radical (unpaired) electrons. The number of carbonyl (C=O) groups excluding carboxylic acids is 2. The van der Waals surface area contributed by atoms with Crippen LogP contribution in [-0.2, 0) is 32.7 Å². The molecule has 0 saturated carbocycles. The van der Waals surface area contributed by atoms with Gasteiger partial charge in [-0.1, -0.05) is 88.8 Å². The number of unbranched alkanes of at least 4 members (excludes halogenated alkanes) is 8. The molecule has 11 heteroatoms. The molecule has 0 rings (SSSR count). The fraction of sp³-hybridized carbons (Fsp3) is 0.742. The summed E-state index contributed by atoms with van der Waals surface area (Å²) in [6.07, 6.45) is 23.1. The summed E-state index contributed by atoms with van der Waals surface area (Å²) in [5.74, 6) is -0.976. The maximum atomic E-state index is 12.4. The molecule has 10 nitrogen and oxygen atoms in total. The average Bonchev–Trinajstić information content (AvgIpc) is 2.97. The van der Waals surface area contributed by atoms with E-state index in [1.807, 2.05) is 0 Å². The van der Waals surface area contributed by atoms with Gasteiger partial charge >= 0.3 is 19.8 Å². The molecule has 0 aromatic rings. The Morgan fingerprint density at radius 1 is 0.738 bits per heavy atom. The molecule has 0 fully saturated rings. The van der Waals surface area contributed by atoms with E-state index in [-0.39, 0.29) is 19.4 Å². The predicted octanol–water partition coefficient (Wildman–Crippen LogP) is 6.49. The third-order valence-corrected chi connectivity index (χ3v) is 7.01. The van der Waals surface area contributed by atoms with Gasteiger partial charge in [-0.05, 0) is 44.9 Å². The number of phosphoric acid groups is 1. The summed E-state index contributed by atoms with van der Waals surface area (Å²) in [6, 6.07) is 0. The van der Waals surface area contributed by atoms with Crippen LogP contribution in [0.15, 0.2) is 36.5 Å². The molecule has 0 aromatic heterocycles. The first-order chi connectivity index (χ1) is 20.2. The van der Waals surface area contributed by atoms with Crippen LogP contribution in [0, 0.1) is 0 Å². The zero-order valence-corrected chi connectivity index (χ0v) is 26.6. The summed E-state index contributed by atoms with van der Waals surface area (Å²) in [5.41, 5.74) is 0. The van der Waals surface area contributed by atoms with Gasteiger partial charge in [0.15, 0.2) is 6.10 Å². The van der Waals surface area contributed by atoms with Crippen molar-refractivity contribution in [3.63, 3.8) is 0 Å². The lowest BCUT2D eigenvalue weighted by atomic mass is 10.1. The number of phosphoric ester groups is 1.